The van der Waals surface area contributed by atoms with E-state index in [2.05, 4.69) is 24.2 Å². The van der Waals surface area contributed by atoms with Gasteiger partial charge in [-0.25, -0.2) is 0 Å². The topological polar surface area (TPSA) is 58.4 Å². The van der Waals surface area contributed by atoms with E-state index >= 15 is 0 Å². The molecule has 2 aromatic carbocycles. The minimum Gasteiger partial charge on any atom is -0.395 e. The Morgan fingerprint density at radius 2 is 2.00 bits per heavy atom. The number of benzene rings is 2. The largest absolute Gasteiger partial charge is 0.395 e. The lowest BCUT2D eigenvalue weighted by molar-refractivity contribution is -0.132. The van der Waals surface area contributed by atoms with Crippen LogP contribution in [0.4, 0.5) is 0 Å². The number of hydrogen-bond donors (Lipinski definition) is 1. The van der Waals surface area contributed by atoms with Crippen LogP contribution in [-0.4, -0.2) is 38.8 Å². The number of aryl methyl sites for hydroxylation is 2. The van der Waals surface area contributed by atoms with Crippen LogP contribution >= 0.6 is 0 Å². The molecule has 1 amide bonds. The zero-order valence-electron chi connectivity index (χ0n) is 14.4. The van der Waals surface area contributed by atoms with Gasteiger partial charge in [-0.2, -0.15) is 5.10 Å². The van der Waals surface area contributed by atoms with Crippen molar-refractivity contribution in [3.63, 3.8) is 0 Å². The van der Waals surface area contributed by atoms with E-state index in [0.717, 1.165) is 16.5 Å². The molecule has 0 aliphatic carbocycles. The van der Waals surface area contributed by atoms with E-state index in [9.17, 15) is 9.90 Å². The smallest absolute Gasteiger partial charge is 0.224 e. The van der Waals surface area contributed by atoms with Crippen molar-refractivity contribution in [2.45, 2.75) is 26.4 Å². The fourth-order valence-corrected chi connectivity index (χ4v) is 2.96. The quantitative estimate of drug-likeness (QED) is 0.721. The first-order valence-electron chi connectivity index (χ1n) is 8.52. The minimum atomic E-state index is -0.0391. The number of rotatable bonds is 7. The van der Waals surface area contributed by atoms with Crippen LogP contribution in [0.3, 0.4) is 0 Å². The molecule has 130 valence electrons. The molecule has 1 heterocycles. The van der Waals surface area contributed by atoms with E-state index in [-0.39, 0.29) is 12.5 Å². The summed E-state index contributed by atoms with van der Waals surface area (Å²) in [6, 6.07) is 16.0. The molecular weight excluding hydrogens is 314 g/mol. The highest BCUT2D eigenvalue weighted by atomic mass is 16.3. The number of nitrogens with zero attached hydrogens (tertiary/aromatic N) is 3. The number of fused-ring (bicyclic) bond motifs is 1. The number of amides is 1. The predicted octanol–water partition coefficient (Wildman–Crippen LogP) is 2.76. The first-order chi connectivity index (χ1) is 12.2. The zero-order valence-corrected chi connectivity index (χ0v) is 14.4. The molecule has 0 saturated heterocycles. The number of aliphatic hydroxyl groups is 1. The summed E-state index contributed by atoms with van der Waals surface area (Å²) < 4.78 is 1.87. The van der Waals surface area contributed by atoms with Crippen molar-refractivity contribution in [1.82, 2.24) is 14.7 Å². The van der Waals surface area contributed by atoms with Gasteiger partial charge in [0.2, 0.25) is 5.91 Å². The predicted molar refractivity (Wildman–Crippen MR) is 98.0 cm³/mol. The number of aromatic nitrogens is 2. The maximum absolute atomic E-state index is 12.6. The monoisotopic (exact) mass is 337 g/mol. The molecule has 25 heavy (non-hydrogen) atoms. The first kappa shape index (κ1) is 17.2. The van der Waals surface area contributed by atoms with Gasteiger partial charge in [0.25, 0.3) is 0 Å². The number of carbonyl (C=O) groups is 1. The van der Waals surface area contributed by atoms with Crippen LogP contribution < -0.4 is 0 Å². The second-order valence-electron chi connectivity index (χ2n) is 6.20. The van der Waals surface area contributed by atoms with Crippen LogP contribution in [-0.2, 0) is 17.9 Å². The van der Waals surface area contributed by atoms with Gasteiger partial charge in [0.1, 0.15) is 0 Å². The summed E-state index contributed by atoms with van der Waals surface area (Å²) in [7, 11) is 0. The average molecular weight is 337 g/mol. The van der Waals surface area contributed by atoms with Crippen LogP contribution in [0.15, 0.2) is 54.7 Å². The Bertz CT molecular complexity index is 843. The molecule has 0 bridgehead atoms. The highest BCUT2D eigenvalue weighted by Gasteiger charge is 2.14. The lowest BCUT2D eigenvalue weighted by Crippen LogP contribution is -2.33. The third-order valence-electron chi connectivity index (χ3n) is 4.27. The van der Waals surface area contributed by atoms with E-state index in [1.165, 1.54) is 5.56 Å². The highest BCUT2D eigenvalue weighted by Crippen LogP contribution is 2.16. The molecular formula is C20H23N3O2. The Labute approximate surface area is 147 Å². The second-order valence-corrected chi connectivity index (χ2v) is 6.20. The summed E-state index contributed by atoms with van der Waals surface area (Å²) in [5.41, 5.74) is 3.29. The fourth-order valence-electron chi connectivity index (χ4n) is 2.96. The number of carbonyl (C=O) groups excluding carboxylic acids is 1. The van der Waals surface area contributed by atoms with Crippen molar-refractivity contribution in [3.8, 4) is 0 Å². The van der Waals surface area contributed by atoms with Gasteiger partial charge in [-0.1, -0.05) is 42.0 Å². The van der Waals surface area contributed by atoms with E-state index in [4.69, 9.17) is 0 Å². The summed E-state index contributed by atoms with van der Waals surface area (Å²) in [5, 5.41) is 14.8. The molecule has 0 aliphatic heterocycles. The molecule has 0 spiro atoms. The molecule has 0 fully saturated rings. The van der Waals surface area contributed by atoms with Gasteiger partial charge in [0.15, 0.2) is 0 Å². The summed E-state index contributed by atoms with van der Waals surface area (Å²) in [5.74, 6) is 0.0219. The molecule has 0 aliphatic rings. The lowest BCUT2D eigenvalue weighted by Gasteiger charge is -2.22. The number of aliphatic hydroxyl groups excluding tert-OH is 1. The molecule has 5 heteroatoms. The molecule has 1 aromatic heterocycles. The third-order valence-corrected chi connectivity index (χ3v) is 4.27. The maximum atomic E-state index is 12.6. The van der Waals surface area contributed by atoms with Crippen LogP contribution in [0.5, 0.6) is 0 Å². The summed E-state index contributed by atoms with van der Waals surface area (Å²) in [6.45, 7) is 3.40. The second kappa shape index (κ2) is 7.94. The summed E-state index contributed by atoms with van der Waals surface area (Å²) in [4.78, 5) is 14.3. The Morgan fingerprint density at radius 1 is 1.20 bits per heavy atom. The van der Waals surface area contributed by atoms with E-state index in [1.807, 2.05) is 47.3 Å². The first-order valence-corrected chi connectivity index (χ1v) is 8.52. The van der Waals surface area contributed by atoms with Crippen molar-refractivity contribution in [2.24, 2.45) is 0 Å². The molecule has 0 unspecified atom stereocenters. The van der Waals surface area contributed by atoms with Crippen molar-refractivity contribution in [3.05, 3.63) is 65.9 Å². The van der Waals surface area contributed by atoms with Crippen molar-refractivity contribution in [2.75, 3.05) is 13.2 Å². The van der Waals surface area contributed by atoms with Gasteiger partial charge in [0.05, 0.1) is 24.9 Å². The molecule has 0 atom stereocenters. The van der Waals surface area contributed by atoms with Crippen LogP contribution in [0.2, 0.25) is 0 Å². The van der Waals surface area contributed by atoms with Gasteiger partial charge < -0.3 is 10.0 Å². The van der Waals surface area contributed by atoms with E-state index in [0.29, 0.717) is 26.1 Å². The van der Waals surface area contributed by atoms with Gasteiger partial charge >= 0.3 is 0 Å². The molecule has 0 saturated carbocycles. The van der Waals surface area contributed by atoms with Crippen molar-refractivity contribution in [1.29, 1.82) is 0 Å². The summed E-state index contributed by atoms with van der Waals surface area (Å²) in [6.07, 6.45) is 2.19. The standard InChI is InChI=1S/C20H23N3O2/c1-16-7-8-19-18(13-16)14-21-23(19)10-9-20(25)22(11-12-24)15-17-5-3-2-4-6-17/h2-8,13-14,24H,9-12,15H2,1H3. The zero-order chi connectivity index (χ0) is 17.6. The molecule has 1 N–H and O–H groups in total. The fraction of sp³-hybridized carbons (Fsp3) is 0.300. The molecule has 5 nitrogen and oxygen atoms in total. The molecule has 3 aromatic rings. The van der Waals surface area contributed by atoms with Gasteiger partial charge in [-0.3, -0.25) is 9.48 Å². The minimum absolute atomic E-state index is 0.0219. The Hall–Kier alpha value is -2.66. The van der Waals surface area contributed by atoms with Gasteiger partial charge in [-0.15, -0.1) is 0 Å². The van der Waals surface area contributed by atoms with E-state index in [1.54, 1.807) is 4.90 Å². The van der Waals surface area contributed by atoms with Crippen LogP contribution in [0, 0.1) is 6.92 Å². The van der Waals surface area contributed by atoms with Crippen molar-refractivity contribution >= 4 is 16.8 Å². The van der Waals surface area contributed by atoms with Crippen molar-refractivity contribution < 1.29 is 9.90 Å². The Kier molecular flexibility index (Phi) is 5.46. The average Bonchev–Trinajstić information content (AvgIpc) is 3.02. The van der Waals surface area contributed by atoms with Gasteiger partial charge in [-0.05, 0) is 24.6 Å². The highest BCUT2D eigenvalue weighted by molar-refractivity contribution is 5.80. The Morgan fingerprint density at radius 3 is 2.76 bits per heavy atom. The molecule has 0 radical (unpaired) electrons. The maximum Gasteiger partial charge on any atom is 0.224 e. The van der Waals surface area contributed by atoms with Gasteiger partial charge in [0, 0.05) is 24.9 Å². The lowest BCUT2D eigenvalue weighted by atomic mass is 10.2. The molecule has 3 rings (SSSR count). The normalized spacial score (nSPS) is 11.0. The summed E-state index contributed by atoms with van der Waals surface area (Å²) >= 11 is 0. The van der Waals surface area contributed by atoms with Crippen LogP contribution in [0.1, 0.15) is 17.5 Å². The third kappa shape index (κ3) is 4.25. The number of hydrogen-bond acceptors (Lipinski definition) is 3. The van der Waals surface area contributed by atoms with Crippen LogP contribution in [0.25, 0.3) is 10.9 Å². The van der Waals surface area contributed by atoms with E-state index < -0.39 is 0 Å². The SMILES string of the molecule is Cc1ccc2c(cnn2CCC(=O)N(CCO)Cc2ccccc2)c1. The Balaban J connectivity index is 1.66.